The molecule has 80 valence electrons. The van der Waals surface area contributed by atoms with Gasteiger partial charge in [-0.15, -0.1) is 0 Å². The third-order valence-corrected chi connectivity index (χ3v) is 7.55. The first kappa shape index (κ1) is 13.2. The minimum Gasteiger partial charge on any atom is -0.417 e. The molecule has 0 N–H and O–H groups in total. The monoisotopic (exact) mass is 202 g/mol. The van der Waals surface area contributed by atoms with Gasteiger partial charge in [-0.05, 0) is 24.6 Å². The fourth-order valence-electron chi connectivity index (χ4n) is 1.70. The van der Waals surface area contributed by atoms with Gasteiger partial charge in [-0.25, -0.2) is 0 Å². The molecule has 0 saturated heterocycles. The largest absolute Gasteiger partial charge is 0.417 e. The molecular weight excluding hydrogens is 176 g/mol. The Hall–Kier alpha value is 0.177. The summed E-state index contributed by atoms with van der Waals surface area (Å²) in [4.78, 5) is 0. The fourth-order valence-corrected chi connectivity index (χ4v) is 5.09. The van der Waals surface area contributed by atoms with Crippen LogP contribution in [0.3, 0.4) is 0 Å². The summed E-state index contributed by atoms with van der Waals surface area (Å²) in [7, 11) is -1.29. The number of hydrogen-bond acceptors (Lipinski definition) is 1. The maximum Gasteiger partial charge on any atom is 0.192 e. The van der Waals surface area contributed by atoms with E-state index in [-0.39, 0.29) is 0 Å². The van der Waals surface area contributed by atoms with E-state index in [1.807, 2.05) is 0 Å². The Bertz CT molecular complexity index is 101. The molecule has 0 heterocycles. The Morgan fingerprint density at radius 2 is 1.54 bits per heavy atom. The van der Waals surface area contributed by atoms with Gasteiger partial charge in [-0.2, -0.15) is 0 Å². The van der Waals surface area contributed by atoms with Crippen LogP contribution in [-0.2, 0) is 4.43 Å². The summed E-state index contributed by atoms with van der Waals surface area (Å²) in [5, 5.41) is 0. The van der Waals surface area contributed by atoms with Crippen LogP contribution in [0.2, 0.25) is 18.1 Å². The van der Waals surface area contributed by atoms with Crippen molar-refractivity contribution in [3.8, 4) is 0 Å². The highest BCUT2D eigenvalue weighted by atomic mass is 28.4. The molecule has 0 spiro atoms. The van der Waals surface area contributed by atoms with E-state index in [2.05, 4.69) is 27.7 Å². The van der Waals surface area contributed by atoms with Crippen LogP contribution in [0.5, 0.6) is 0 Å². The van der Waals surface area contributed by atoms with Crippen LogP contribution in [0.4, 0.5) is 0 Å². The van der Waals surface area contributed by atoms with E-state index in [1.165, 1.54) is 37.4 Å². The second kappa shape index (κ2) is 7.57. The molecule has 0 aliphatic carbocycles. The van der Waals surface area contributed by atoms with E-state index in [9.17, 15) is 0 Å². The first-order valence-corrected chi connectivity index (χ1v) is 8.41. The SMILES string of the molecule is CCCC[Si](CC)(CC)OCCC. The third kappa shape index (κ3) is 4.82. The molecule has 1 nitrogen and oxygen atoms in total. The molecule has 0 bridgehead atoms. The van der Waals surface area contributed by atoms with Crippen LogP contribution < -0.4 is 0 Å². The van der Waals surface area contributed by atoms with Crippen LogP contribution in [0.1, 0.15) is 47.0 Å². The molecule has 0 rings (SSSR count). The molecule has 0 radical (unpaired) electrons. The van der Waals surface area contributed by atoms with Gasteiger partial charge in [-0.3, -0.25) is 0 Å². The van der Waals surface area contributed by atoms with Crippen molar-refractivity contribution < 1.29 is 4.43 Å². The first-order chi connectivity index (χ1) is 6.24. The highest BCUT2D eigenvalue weighted by Crippen LogP contribution is 2.24. The molecule has 0 aliphatic heterocycles. The molecule has 0 unspecified atom stereocenters. The lowest BCUT2D eigenvalue weighted by atomic mass is 10.4. The summed E-state index contributed by atoms with van der Waals surface area (Å²) < 4.78 is 6.12. The molecular formula is C11H26OSi. The lowest BCUT2D eigenvalue weighted by molar-refractivity contribution is 0.297. The predicted molar refractivity (Wildman–Crippen MR) is 62.7 cm³/mol. The summed E-state index contributed by atoms with van der Waals surface area (Å²) in [6, 6.07) is 3.96. The second-order valence-corrected chi connectivity index (χ2v) is 8.41. The molecule has 0 aromatic heterocycles. The topological polar surface area (TPSA) is 9.23 Å². The molecule has 0 aromatic rings. The third-order valence-electron chi connectivity index (χ3n) is 2.89. The van der Waals surface area contributed by atoms with Crippen molar-refractivity contribution in [1.29, 1.82) is 0 Å². The molecule has 0 amide bonds. The van der Waals surface area contributed by atoms with Gasteiger partial charge in [0.05, 0.1) is 0 Å². The summed E-state index contributed by atoms with van der Waals surface area (Å²) in [6.07, 6.45) is 3.84. The smallest absolute Gasteiger partial charge is 0.192 e. The lowest BCUT2D eigenvalue weighted by Gasteiger charge is -2.29. The molecule has 0 aliphatic rings. The van der Waals surface area contributed by atoms with Crippen LogP contribution in [0, 0.1) is 0 Å². The summed E-state index contributed by atoms with van der Waals surface area (Å²) in [6.45, 7) is 10.1. The number of unbranched alkanes of at least 4 members (excludes halogenated alkanes) is 1. The van der Waals surface area contributed by atoms with Crippen molar-refractivity contribution in [3.63, 3.8) is 0 Å². The Balaban J connectivity index is 3.97. The minimum absolute atomic E-state index is 0.984. The molecule has 0 saturated carbocycles. The average molecular weight is 202 g/mol. The Labute approximate surface area is 85.0 Å². The van der Waals surface area contributed by atoms with E-state index in [4.69, 9.17) is 4.43 Å². The zero-order valence-electron chi connectivity index (χ0n) is 9.86. The number of rotatable bonds is 8. The van der Waals surface area contributed by atoms with Crippen molar-refractivity contribution in [2.75, 3.05) is 6.61 Å². The van der Waals surface area contributed by atoms with Crippen molar-refractivity contribution in [2.45, 2.75) is 65.1 Å². The Morgan fingerprint density at radius 1 is 0.923 bits per heavy atom. The highest BCUT2D eigenvalue weighted by molar-refractivity contribution is 6.73. The summed E-state index contributed by atoms with van der Waals surface area (Å²) >= 11 is 0. The molecule has 0 fully saturated rings. The maximum atomic E-state index is 6.12. The Kier molecular flexibility index (Phi) is 7.67. The van der Waals surface area contributed by atoms with Gasteiger partial charge in [0.25, 0.3) is 0 Å². The van der Waals surface area contributed by atoms with E-state index in [0.717, 1.165) is 6.61 Å². The standard InChI is InChI=1S/C11H26OSi/c1-5-9-11-13(7-3,8-4)12-10-6-2/h5-11H2,1-4H3. The lowest BCUT2D eigenvalue weighted by Crippen LogP contribution is -2.36. The van der Waals surface area contributed by atoms with Gasteiger partial charge in [0.2, 0.25) is 0 Å². The van der Waals surface area contributed by atoms with Gasteiger partial charge in [0.15, 0.2) is 8.32 Å². The minimum atomic E-state index is -1.29. The van der Waals surface area contributed by atoms with Gasteiger partial charge in [0, 0.05) is 6.61 Å². The first-order valence-electron chi connectivity index (χ1n) is 5.88. The summed E-state index contributed by atoms with van der Waals surface area (Å²) in [5.41, 5.74) is 0. The van der Waals surface area contributed by atoms with Crippen LogP contribution >= 0.6 is 0 Å². The van der Waals surface area contributed by atoms with Crippen molar-refractivity contribution in [3.05, 3.63) is 0 Å². The number of hydrogen-bond donors (Lipinski definition) is 0. The molecule has 13 heavy (non-hydrogen) atoms. The molecule has 2 heteroatoms. The van der Waals surface area contributed by atoms with Gasteiger partial charge in [-0.1, -0.05) is 40.5 Å². The van der Waals surface area contributed by atoms with Crippen molar-refractivity contribution in [2.24, 2.45) is 0 Å². The predicted octanol–water partition coefficient (Wildman–Crippen LogP) is 4.20. The zero-order valence-corrected chi connectivity index (χ0v) is 10.9. The van der Waals surface area contributed by atoms with Crippen molar-refractivity contribution >= 4 is 8.32 Å². The molecule has 0 atom stereocenters. The van der Waals surface area contributed by atoms with Crippen LogP contribution in [0.25, 0.3) is 0 Å². The van der Waals surface area contributed by atoms with E-state index >= 15 is 0 Å². The molecule has 0 aromatic carbocycles. The van der Waals surface area contributed by atoms with Gasteiger partial charge in [0.1, 0.15) is 0 Å². The van der Waals surface area contributed by atoms with Gasteiger partial charge >= 0.3 is 0 Å². The summed E-state index contributed by atoms with van der Waals surface area (Å²) in [5.74, 6) is 0. The van der Waals surface area contributed by atoms with Crippen molar-refractivity contribution in [1.82, 2.24) is 0 Å². The fraction of sp³-hybridized carbons (Fsp3) is 1.00. The normalized spacial score (nSPS) is 12.0. The quantitative estimate of drug-likeness (QED) is 0.536. The second-order valence-electron chi connectivity index (χ2n) is 3.84. The van der Waals surface area contributed by atoms with Crippen LogP contribution in [0.15, 0.2) is 0 Å². The van der Waals surface area contributed by atoms with E-state index in [1.54, 1.807) is 0 Å². The Morgan fingerprint density at radius 3 is 1.92 bits per heavy atom. The highest BCUT2D eigenvalue weighted by Gasteiger charge is 2.29. The van der Waals surface area contributed by atoms with E-state index < -0.39 is 8.32 Å². The van der Waals surface area contributed by atoms with Gasteiger partial charge < -0.3 is 4.43 Å². The van der Waals surface area contributed by atoms with Crippen LogP contribution in [-0.4, -0.2) is 14.9 Å². The zero-order chi connectivity index (χ0) is 10.2. The maximum absolute atomic E-state index is 6.12. The van der Waals surface area contributed by atoms with E-state index in [0.29, 0.717) is 0 Å². The average Bonchev–Trinajstić information content (AvgIpc) is 2.20.